The molecule has 7 heteroatoms. The highest BCUT2D eigenvalue weighted by Crippen LogP contribution is 2.28. The minimum absolute atomic E-state index is 0.109. The van der Waals surface area contributed by atoms with Crippen LogP contribution in [0.4, 0.5) is 0 Å². The molecule has 3 rings (SSSR count). The molecule has 0 radical (unpaired) electrons. The normalized spacial score (nSPS) is 10.5. The summed E-state index contributed by atoms with van der Waals surface area (Å²) in [7, 11) is 0. The van der Waals surface area contributed by atoms with E-state index in [0.717, 1.165) is 19.4 Å². The van der Waals surface area contributed by atoms with Crippen molar-refractivity contribution in [3.8, 4) is 0 Å². The van der Waals surface area contributed by atoms with Gasteiger partial charge in [-0.3, -0.25) is 15.6 Å². The third-order valence-electron chi connectivity index (χ3n) is 2.77. The molecule has 0 saturated heterocycles. The molecule has 1 amide bonds. The highest BCUT2D eigenvalue weighted by molar-refractivity contribution is 8.01. The molecule has 0 bridgehead atoms. The number of hydrogen-bond donors (Lipinski definition) is 2. The summed E-state index contributed by atoms with van der Waals surface area (Å²) in [6.45, 7) is 3.88. The molecule has 0 spiro atoms. The van der Waals surface area contributed by atoms with Crippen LogP contribution in [0, 0.1) is 0 Å². The molecule has 4 nitrogen and oxygen atoms in total. The molecule has 2 N–H and O–H groups in total. The number of amides is 1. The van der Waals surface area contributed by atoms with Gasteiger partial charge in [0.05, 0.1) is 26.5 Å². The second kappa shape index (κ2) is 6.95. The van der Waals surface area contributed by atoms with E-state index in [2.05, 4.69) is 22.4 Å². The van der Waals surface area contributed by atoms with Crippen molar-refractivity contribution in [3.05, 3.63) is 53.2 Å². The Morgan fingerprint density at radius 2 is 2.09 bits per heavy atom. The number of benzene rings is 1. The molecular formula is C15H13N3OS3. The summed E-state index contributed by atoms with van der Waals surface area (Å²) in [6, 6.07) is 11.8. The van der Waals surface area contributed by atoms with E-state index < -0.39 is 0 Å². The Balaban J connectivity index is 1.49. The maximum absolute atomic E-state index is 11.9. The van der Waals surface area contributed by atoms with Crippen molar-refractivity contribution < 1.29 is 4.79 Å². The third-order valence-corrected chi connectivity index (χ3v) is 5.88. The number of carbonyl (C=O) groups is 1. The van der Waals surface area contributed by atoms with Crippen LogP contribution in [0.3, 0.4) is 0 Å². The zero-order valence-electron chi connectivity index (χ0n) is 11.5. The molecule has 0 saturated carbocycles. The first-order valence-electron chi connectivity index (χ1n) is 6.48. The average molecular weight is 347 g/mol. The van der Waals surface area contributed by atoms with E-state index in [1.165, 1.54) is 11.8 Å². The quantitative estimate of drug-likeness (QED) is 0.527. The van der Waals surface area contributed by atoms with Crippen molar-refractivity contribution in [1.29, 1.82) is 0 Å². The lowest BCUT2D eigenvalue weighted by Gasteiger charge is -2.08. The number of thioether (sulfide) groups is 1. The maximum atomic E-state index is 11.9. The Bertz CT molecular complexity index is 762. The predicted molar refractivity (Wildman–Crippen MR) is 95.0 cm³/mol. The SMILES string of the molecule is C=C(NNC(=O)CSc1nc2ccccc2s1)c1cccs1. The van der Waals surface area contributed by atoms with Gasteiger partial charge in [0.25, 0.3) is 0 Å². The zero-order chi connectivity index (χ0) is 15.4. The number of fused-ring (bicyclic) bond motifs is 1. The van der Waals surface area contributed by atoms with E-state index in [1.807, 2.05) is 41.8 Å². The number of nitrogens with zero attached hydrogens (tertiary/aromatic N) is 1. The number of thiophene rings is 1. The molecule has 0 fully saturated rings. The summed E-state index contributed by atoms with van der Waals surface area (Å²) in [6.07, 6.45) is 0. The van der Waals surface area contributed by atoms with Crippen LogP contribution in [0.15, 0.2) is 52.7 Å². The lowest BCUT2D eigenvalue weighted by atomic mass is 10.3. The minimum atomic E-state index is -0.109. The summed E-state index contributed by atoms with van der Waals surface area (Å²) in [5, 5.41) is 1.97. The number of thiazole rings is 1. The second-order valence-corrected chi connectivity index (χ2v) is 7.57. The molecule has 22 heavy (non-hydrogen) atoms. The topological polar surface area (TPSA) is 54.0 Å². The fourth-order valence-electron chi connectivity index (χ4n) is 1.73. The molecule has 2 heterocycles. The molecular weight excluding hydrogens is 334 g/mol. The van der Waals surface area contributed by atoms with Crippen molar-refractivity contribution in [1.82, 2.24) is 15.8 Å². The third kappa shape index (κ3) is 3.68. The Labute approximate surface area is 140 Å². The van der Waals surface area contributed by atoms with Gasteiger partial charge in [-0.15, -0.1) is 22.7 Å². The lowest BCUT2D eigenvalue weighted by molar-refractivity contribution is -0.119. The van der Waals surface area contributed by atoms with E-state index in [9.17, 15) is 4.79 Å². The van der Waals surface area contributed by atoms with Crippen LogP contribution in [-0.4, -0.2) is 16.6 Å². The van der Waals surface area contributed by atoms with Gasteiger partial charge >= 0.3 is 0 Å². The van der Waals surface area contributed by atoms with Crippen molar-refractivity contribution in [2.75, 3.05) is 5.75 Å². The highest BCUT2D eigenvalue weighted by atomic mass is 32.2. The Hall–Kier alpha value is -1.83. The van der Waals surface area contributed by atoms with Gasteiger partial charge in [-0.2, -0.15) is 0 Å². The Morgan fingerprint density at radius 3 is 2.86 bits per heavy atom. The average Bonchev–Trinajstić information content (AvgIpc) is 3.19. The zero-order valence-corrected chi connectivity index (χ0v) is 14.0. The largest absolute Gasteiger partial charge is 0.298 e. The molecule has 0 atom stereocenters. The number of aromatic nitrogens is 1. The lowest BCUT2D eigenvalue weighted by Crippen LogP contribution is -2.36. The van der Waals surface area contributed by atoms with Gasteiger partial charge in [-0.1, -0.05) is 36.5 Å². The number of nitrogens with one attached hydrogen (secondary N) is 2. The standard InChI is InChI=1S/C15H13N3OS3/c1-10(12-7-4-8-20-12)17-18-14(19)9-21-15-16-11-5-2-3-6-13(11)22-15/h2-8,17H,1,9H2,(H,18,19). The van der Waals surface area contributed by atoms with E-state index >= 15 is 0 Å². The number of hydrogen-bond acceptors (Lipinski definition) is 6. The van der Waals surface area contributed by atoms with Gasteiger partial charge in [0, 0.05) is 0 Å². The number of rotatable bonds is 6. The van der Waals surface area contributed by atoms with Gasteiger partial charge in [-0.05, 0) is 23.6 Å². The monoisotopic (exact) mass is 347 g/mol. The van der Waals surface area contributed by atoms with Crippen molar-refractivity contribution in [3.63, 3.8) is 0 Å². The number of hydrazine groups is 1. The van der Waals surface area contributed by atoms with Crippen molar-refractivity contribution in [2.24, 2.45) is 0 Å². The van der Waals surface area contributed by atoms with Crippen LogP contribution in [0.2, 0.25) is 0 Å². The van der Waals surface area contributed by atoms with Crippen molar-refractivity contribution in [2.45, 2.75) is 4.34 Å². The van der Waals surface area contributed by atoms with Crippen LogP contribution in [-0.2, 0) is 4.79 Å². The fourth-order valence-corrected chi connectivity index (χ4v) is 4.26. The van der Waals surface area contributed by atoms with Crippen molar-refractivity contribution >= 4 is 56.3 Å². The van der Waals surface area contributed by atoms with Crippen LogP contribution in [0.1, 0.15) is 4.88 Å². The first-order chi connectivity index (χ1) is 10.7. The smallest absolute Gasteiger partial charge is 0.248 e. The summed E-state index contributed by atoms with van der Waals surface area (Å²) in [5.41, 5.74) is 7.14. The minimum Gasteiger partial charge on any atom is -0.298 e. The van der Waals surface area contributed by atoms with Crippen LogP contribution in [0.25, 0.3) is 15.9 Å². The first-order valence-corrected chi connectivity index (χ1v) is 9.16. The van der Waals surface area contributed by atoms with E-state index in [-0.39, 0.29) is 5.91 Å². The second-order valence-electron chi connectivity index (χ2n) is 4.37. The van der Waals surface area contributed by atoms with Crippen LogP contribution in [0.5, 0.6) is 0 Å². The summed E-state index contributed by atoms with van der Waals surface area (Å²) >= 11 is 4.60. The van der Waals surface area contributed by atoms with Gasteiger partial charge < -0.3 is 0 Å². The molecule has 2 aromatic heterocycles. The fraction of sp³-hybridized carbons (Fsp3) is 0.0667. The van der Waals surface area contributed by atoms with Crippen LogP contribution < -0.4 is 10.9 Å². The predicted octanol–water partition coefficient (Wildman–Crippen LogP) is 3.74. The number of para-hydroxylation sites is 1. The van der Waals surface area contributed by atoms with E-state index in [1.54, 1.807) is 22.7 Å². The van der Waals surface area contributed by atoms with E-state index in [4.69, 9.17) is 0 Å². The van der Waals surface area contributed by atoms with E-state index in [0.29, 0.717) is 11.4 Å². The molecule has 0 aliphatic carbocycles. The summed E-state index contributed by atoms with van der Waals surface area (Å²) in [4.78, 5) is 17.3. The summed E-state index contributed by atoms with van der Waals surface area (Å²) in [5.74, 6) is 0.201. The molecule has 0 aliphatic rings. The van der Waals surface area contributed by atoms with Gasteiger partial charge in [0.2, 0.25) is 5.91 Å². The van der Waals surface area contributed by atoms with Gasteiger partial charge in [-0.25, -0.2) is 4.98 Å². The molecule has 0 aliphatic heterocycles. The Morgan fingerprint density at radius 1 is 1.23 bits per heavy atom. The first kappa shape index (κ1) is 15.1. The molecule has 3 aromatic rings. The van der Waals surface area contributed by atoms with Gasteiger partial charge in [0.1, 0.15) is 0 Å². The van der Waals surface area contributed by atoms with Gasteiger partial charge in [0.15, 0.2) is 4.34 Å². The summed E-state index contributed by atoms with van der Waals surface area (Å²) < 4.78 is 2.03. The van der Waals surface area contributed by atoms with Crippen LogP contribution >= 0.6 is 34.4 Å². The maximum Gasteiger partial charge on any atom is 0.248 e. The number of carbonyl (C=O) groups excluding carboxylic acids is 1. The highest BCUT2D eigenvalue weighted by Gasteiger charge is 2.08. The molecule has 0 unspecified atom stereocenters. The Kier molecular flexibility index (Phi) is 4.77. The molecule has 1 aromatic carbocycles. The molecule has 112 valence electrons.